The molecule has 2 amide bonds. The highest BCUT2D eigenvalue weighted by atomic mass is 79.9. The fourth-order valence-corrected chi connectivity index (χ4v) is 7.65. The highest BCUT2D eigenvalue weighted by Crippen LogP contribution is 2.45. The van der Waals surface area contributed by atoms with Crippen molar-refractivity contribution in [1.82, 2.24) is 25.4 Å². The lowest BCUT2D eigenvalue weighted by atomic mass is 9.98. The Hall–Kier alpha value is -4.68. The van der Waals surface area contributed by atoms with Gasteiger partial charge in [0.05, 0.1) is 18.6 Å². The smallest absolute Gasteiger partial charge is 0.407 e. The van der Waals surface area contributed by atoms with Crippen LogP contribution in [0.3, 0.4) is 0 Å². The van der Waals surface area contributed by atoms with Gasteiger partial charge in [-0.15, -0.1) is 10.2 Å². The number of amides is 2. The van der Waals surface area contributed by atoms with E-state index in [1.54, 1.807) is 0 Å². The van der Waals surface area contributed by atoms with Crippen molar-refractivity contribution in [2.75, 3.05) is 26.0 Å². The van der Waals surface area contributed by atoms with E-state index in [2.05, 4.69) is 73.2 Å². The summed E-state index contributed by atoms with van der Waals surface area (Å²) in [6.45, 7) is -0.0918. The first-order valence-corrected chi connectivity index (χ1v) is 17.4. The molecule has 2 N–H and O–H groups in total. The number of hydrogen-bond donors (Lipinski definition) is 2. The van der Waals surface area contributed by atoms with Gasteiger partial charge in [0.2, 0.25) is 10.6 Å². The quantitative estimate of drug-likeness (QED) is 0.119. The van der Waals surface area contributed by atoms with Crippen LogP contribution in [0.5, 0.6) is 0 Å². The zero-order valence-corrected chi connectivity index (χ0v) is 28.4. The maximum absolute atomic E-state index is 12.9. The Kier molecular flexibility index (Phi) is 9.18. The first-order valence-electron chi connectivity index (χ1n) is 15.6. The number of nitrogens with zero attached hydrogens (tertiary/aromatic N) is 3. The molecule has 1 heterocycles. The van der Waals surface area contributed by atoms with Gasteiger partial charge >= 0.3 is 12.1 Å². The van der Waals surface area contributed by atoms with Crippen LogP contribution in [-0.2, 0) is 19.1 Å². The molecule has 1 aromatic heterocycles. The third-order valence-electron chi connectivity index (χ3n) is 8.74. The lowest BCUT2D eigenvalue weighted by Crippen LogP contribution is -2.49. The molecule has 0 radical (unpaired) electrons. The number of alkyl carbamates (subject to hydrolysis) is 1. The summed E-state index contributed by atoms with van der Waals surface area (Å²) in [5.74, 6) is -0.599. The molecule has 244 valence electrons. The van der Waals surface area contributed by atoms with Crippen LogP contribution in [0.2, 0.25) is 0 Å². The number of nitrogens with one attached hydrogen (secondary N) is 2. The van der Waals surface area contributed by atoms with E-state index in [9.17, 15) is 14.4 Å². The number of halogens is 1. The molecule has 0 saturated heterocycles. The molecule has 1 saturated carbocycles. The number of esters is 1. The second-order valence-electron chi connectivity index (χ2n) is 11.7. The van der Waals surface area contributed by atoms with E-state index in [0.29, 0.717) is 15.8 Å². The van der Waals surface area contributed by atoms with Gasteiger partial charge in [0.15, 0.2) is 5.16 Å². The monoisotopic (exact) mass is 725 g/mol. The van der Waals surface area contributed by atoms with E-state index in [1.165, 1.54) is 42.7 Å². The van der Waals surface area contributed by atoms with Gasteiger partial charge in [-0.1, -0.05) is 90.6 Å². The van der Waals surface area contributed by atoms with Crippen molar-refractivity contribution in [3.63, 3.8) is 0 Å². The van der Waals surface area contributed by atoms with E-state index in [4.69, 9.17) is 9.47 Å². The van der Waals surface area contributed by atoms with Gasteiger partial charge in [-0.3, -0.25) is 9.36 Å². The summed E-state index contributed by atoms with van der Waals surface area (Å²) in [6, 6.07) is 27.4. The fraction of sp³-hybridized carbons (Fsp3) is 0.250. The largest absolute Gasteiger partial charge is 0.467 e. The summed E-state index contributed by atoms with van der Waals surface area (Å²) in [4.78, 5) is 38.3. The summed E-state index contributed by atoms with van der Waals surface area (Å²) in [5, 5.41) is 16.6. The molecule has 2 aliphatic rings. The number of methoxy groups -OCH3 is 1. The maximum atomic E-state index is 12.9. The molecule has 0 aliphatic heterocycles. The molecule has 0 spiro atoms. The third kappa shape index (κ3) is 6.42. The van der Waals surface area contributed by atoms with E-state index in [1.807, 2.05) is 53.1 Å². The number of rotatable bonds is 11. The molecular formula is C36H32BrN5O5S. The van der Waals surface area contributed by atoms with Crippen molar-refractivity contribution >= 4 is 56.4 Å². The van der Waals surface area contributed by atoms with Gasteiger partial charge in [-0.25, -0.2) is 9.59 Å². The van der Waals surface area contributed by atoms with Crippen molar-refractivity contribution in [2.45, 2.75) is 35.9 Å². The minimum Gasteiger partial charge on any atom is -0.467 e. The Balaban J connectivity index is 0.968. The molecule has 0 bridgehead atoms. The topological polar surface area (TPSA) is 124 Å². The molecule has 12 heteroatoms. The van der Waals surface area contributed by atoms with Crippen LogP contribution in [0.15, 0.2) is 94.8 Å². The number of fused-ring (bicyclic) bond motifs is 4. The molecule has 5 aromatic rings. The summed E-state index contributed by atoms with van der Waals surface area (Å²) < 4.78 is 12.9. The summed E-state index contributed by atoms with van der Waals surface area (Å²) in [5.41, 5.74) is 6.63. The van der Waals surface area contributed by atoms with Crippen LogP contribution in [0.4, 0.5) is 4.79 Å². The molecule has 1 unspecified atom stereocenters. The Morgan fingerprint density at radius 3 is 2.25 bits per heavy atom. The summed E-state index contributed by atoms with van der Waals surface area (Å²) >= 11 is 4.74. The Labute approximate surface area is 289 Å². The number of aromatic nitrogens is 3. The minimum atomic E-state index is -1.14. The molecule has 7 rings (SSSR count). The zero-order valence-electron chi connectivity index (χ0n) is 26.0. The predicted octanol–water partition coefficient (Wildman–Crippen LogP) is 6.35. The number of carbonyl (C=O) groups is 3. The Morgan fingerprint density at radius 1 is 0.896 bits per heavy atom. The number of carbonyl (C=O) groups excluding carboxylic acids is 3. The van der Waals surface area contributed by atoms with Gasteiger partial charge in [0.25, 0.3) is 0 Å². The minimum absolute atomic E-state index is 0.00204. The number of benzene rings is 4. The van der Waals surface area contributed by atoms with Crippen molar-refractivity contribution in [2.24, 2.45) is 0 Å². The van der Waals surface area contributed by atoms with Crippen LogP contribution in [0.1, 0.15) is 41.4 Å². The molecule has 10 nitrogen and oxygen atoms in total. The predicted molar refractivity (Wildman–Crippen MR) is 186 cm³/mol. The van der Waals surface area contributed by atoms with Gasteiger partial charge in [0.1, 0.15) is 12.6 Å². The van der Waals surface area contributed by atoms with Crippen LogP contribution < -0.4 is 10.6 Å². The van der Waals surface area contributed by atoms with Crippen LogP contribution >= 0.6 is 27.7 Å². The SMILES string of the molecule is COC(=O)C(CNC(=O)CSc1nnc(Br)n1-c1ccc(C2CC2)c2ccccc12)NC(=O)OCC1c2ccccc2-c2ccccc21. The van der Waals surface area contributed by atoms with Crippen LogP contribution in [0, 0.1) is 0 Å². The Bertz CT molecular complexity index is 1980. The van der Waals surface area contributed by atoms with E-state index in [0.717, 1.165) is 33.3 Å². The van der Waals surface area contributed by atoms with Crippen molar-refractivity contribution in [1.29, 1.82) is 0 Å². The first kappa shape index (κ1) is 31.9. The van der Waals surface area contributed by atoms with Gasteiger partial charge in [-0.2, -0.15) is 0 Å². The zero-order chi connectivity index (χ0) is 33.2. The van der Waals surface area contributed by atoms with Crippen LogP contribution in [-0.4, -0.2) is 64.8 Å². The normalized spacial score (nSPS) is 14.2. The van der Waals surface area contributed by atoms with Gasteiger partial charge < -0.3 is 20.1 Å². The molecule has 4 aromatic carbocycles. The third-order valence-corrected chi connectivity index (χ3v) is 10.2. The van der Waals surface area contributed by atoms with E-state index >= 15 is 0 Å². The number of hydrogen-bond acceptors (Lipinski definition) is 8. The average molecular weight is 727 g/mol. The van der Waals surface area contributed by atoms with Crippen LogP contribution in [0.25, 0.3) is 27.6 Å². The summed E-state index contributed by atoms with van der Waals surface area (Å²) in [6.07, 6.45) is 1.62. The number of thioether (sulfide) groups is 1. The lowest BCUT2D eigenvalue weighted by Gasteiger charge is -2.19. The molecular weight excluding hydrogens is 694 g/mol. The second-order valence-corrected chi connectivity index (χ2v) is 13.4. The second kappa shape index (κ2) is 13.8. The molecule has 2 aliphatic carbocycles. The van der Waals surface area contributed by atoms with Crippen molar-refractivity contribution < 1.29 is 23.9 Å². The lowest BCUT2D eigenvalue weighted by molar-refractivity contribution is -0.142. The first-order chi connectivity index (χ1) is 23.4. The highest BCUT2D eigenvalue weighted by molar-refractivity contribution is 9.10. The van der Waals surface area contributed by atoms with E-state index in [-0.39, 0.29) is 30.7 Å². The number of ether oxygens (including phenoxy) is 2. The molecule has 48 heavy (non-hydrogen) atoms. The van der Waals surface area contributed by atoms with Gasteiger partial charge in [-0.05, 0) is 74.0 Å². The van der Waals surface area contributed by atoms with Crippen molar-refractivity contribution in [3.05, 3.63) is 106 Å². The van der Waals surface area contributed by atoms with Crippen molar-refractivity contribution in [3.8, 4) is 16.8 Å². The Morgan fingerprint density at radius 2 is 1.56 bits per heavy atom. The fourth-order valence-electron chi connectivity index (χ4n) is 6.31. The molecule has 1 atom stereocenters. The van der Waals surface area contributed by atoms with Gasteiger partial charge in [0, 0.05) is 17.8 Å². The van der Waals surface area contributed by atoms with E-state index < -0.39 is 18.1 Å². The average Bonchev–Trinajstić information content (AvgIpc) is 3.83. The standard InChI is InChI=1S/C36H32BrN5O5S/c1-46-33(44)30(39-36(45)47-19-29-26-11-4-2-9-24(26)25-10-3-5-12-27(25)29)18-38-32(43)20-48-35-41-40-34(37)42(35)31-17-16-22(21-14-15-21)23-8-6-7-13-28(23)31/h2-13,16-17,21,29-30H,14-15,18-20H2,1H3,(H,38,43)(H,39,45). The highest BCUT2D eigenvalue weighted by Gasteiger charge is 2.30. The summed E-state index contributed by atoms with van der Waals surface area (Å²) in [7, 11) is 1.22. The maximum Gasteiger partial charge on any atom is 0.407 e. The molecule has 1 fully saturated rings.